The lowest BCUT2D eigenvalue weighted by Crippen LogP contribution is -2.34. The third kappa shape index (κ3) is 3.72. The highest BCUT2D eigenvalue weighted by Gasteiger charge is 2.37. The molecular weight excluding hydrogens is 477 g/mol. The van der Waals surface area contributed by atoms with Crippen molar-refractivity contribution in [1.29, 1.82) is 0 Å². The molecule has 7 heteroatoms. The van der Waals surface area contributed by atoms with Crippen LogP contribution in [-0.4, -0.2) is 21.0 Å². The van der Waals surface area contributed by atoms with Gasteiger partial charge in [0.1, 0.15) is 0 Å². The molecule has 1 aliphatic heterocycles. The predicted molar refractivity (Wildman–Crippen MR) is 110 cm³/mol. The van der Waals surface area contributed by atoms with Crippen LogP contribution in [-0.2, 0) is 4.79 Å². The van der Waals surface area contributed by atoms with Crippen LogP contribution < -0.4 is 0 Å². The van der Waals surface area contributed by atoms with Crippen LogP contribution in [0.2, 0.25) is 5.02 Å². The lowest BCUT2D eigenvalue weighted by Gasteiger charge is -2.12. The van der Waals surface area contributed by atoms with Gasteiger partial charge in [0, 0.05) is 14.2 Å². The van der Waals surface area contributed by atoms with Crippen LogP contribution >= 0.6 is 58.2 Å². The van der Waals surface area contributed by atoms with Gasteiger partial charge in [0.25, 0.3) is 11.8 Å². The summed E-state index contributed by atoms with van der Waals surface area (Å²) in [7, 11) is 0. The fourth-order valence-electron chi connectivity index (χ4n) is 2.07. The molecule has 0 unspecified atom stereocenters. The minimum Gasteiger partial charge on any atom is -0.268 e. The number of carbonyl (C=O) groups is 2. The predicted octanol–water partition coefficient (Wildman–Crippen LogP) is 4.99. The molecular formula is C17H9ClINO2S2. The molecule has 0 aromatic heterocycles. The zero-order valence-corrected chi connectivity index (χ0v) is 16.6. The molecule has 0 saturated carbocycles. The van der Waals surface area contributed by atoms with E-state index in [9.17, 15) is 9.59 Å². The van der Waals surface area contributed by atoms with Gasteiger partial charge in [-0.05, 0) is 70.6 Å². The van der Waals surface area contributed by atoms with Gasteiger partial charge < -0.3 is 0 Å². The van der Waals surface area contributed by atoms with Crippen LogP contribution in [0, 0.1) is 3.57 Å². The summed E-state index contributed by atoms with van der Waals surface area (Å²) < 4.78 is 1.34. The van der Waals surface area contributed by atoms with Crippen LogP contribution in [0.25, 0.3) is 6.08 Å². The van der Waals surface area contributed by atoms with Crippen molar-refractivity contribution >= 4 is 80.4 Å². The van der Waals surface area contributed by atoms with Gasteiger partial charge in [-0.25, -0.2) is 4.90 Å². The molecule has 3 nitrogen and oxygen atoms in total. The lowest BCUT2D eigenvalue weighted by atomic mass is 10.2. The molecule has 1 heterocycles. The molecule has 0 radical (unpaired) electrons. The first-order chi connectivity index (χ1) is 11.5. The summed E-state index contributed by atoms with van der Waals surface area (Å²) in [5.74, 6) is -0.844. The molecule has 2 amide bonds. The highest BCUT2D eigenvalue weighted by Crippen LogP contribution is 2.33. The summed E-state index contributed by atoms with van der Waals surface area (Å²) in [6.07, 6.45) is 1.74. The largest absolute Gasteiger partial charge is 0.273 e. The lowest BCUT2D eigenvalue weighted by molar-refractivity contribution is -0.120. The van der Waals surface area contributed by atoms with E-state index >= 15 is 0 Å². The van der Waals surface area contributed by atoms with E-state index < -0.39 is 11.8 Å². The highest BCUT2D eigenvalue weighted by atomic mass is 127. The summed E-state index contributed by atoms with van der Waals surface area (Å²) in [5, 5.41) is 0.524. The Hall–Kier alpha value is -1.22. The maximum Gasteiger partial charge on any atom is 0.273 e. The zero-order chi connectivity index (χ0) is 17.3. The summed E-state index contributed by atoms with van der Waals surface area (Å²) in [4.78, 5) is 26.6. The Bertz CT molecular complexity index is 863. The van der Waals surface area contributed by atoms with Crippen LogP contribution in [0.3, 0.4) is 0 Å². The molecule has 2 aromatic carbocycles. The Labute approximate surface area is 167 Å². The molecule has 0 N–H and O–H groups in total. The van der Waals surface area contributed by atoms with E-state index in [2.05, 4.69) is 22.6 Å². The number of carbonyl (C=O) groups excluding carboxylic acids is 2. The summed E-state index contributed by atoms with van der Waals surface area (Å²) in [6.45, 7) is 0. The second-order valence-corrected chi connectivity index (χ2v) is 8.24. The fraction of sp³-hybridized carbons (Fsp3) is 0. The quantitative estimate of drug-likeness (QED) is 0.260. The van der Waals surface area contributed by atoms with Gasteiger partial charge in [-0.1, -0.05) is 47.7 Å². The first-order valence-electron chi connectivity index (χ1n) is 6.79. The van der Waals surface area contributed by atoms with Crippen LogP contribution in [0.1, 0.15) is 15.9 Å². The van der Waals surface area contributed by atoms with Crippen molar-refractivity contribution in [3.05, 3.63) is 73.2 Å². The Kier molecular flexibility index (Phi) is 5.39. The molecule has 1 aliphatic rings. The number of nitrogens with zero attached hydrogens (tertiary/aromatic N) is 1. The van der Waals surface area contributed by atoms with Gasteiger partial charge in [-0.2, -0.15) is 0 Å². The molecule has 1 saturated heterocycles. The van der Waals surface area contributed by atoms with Gasteiger partial charge >= 0.3 is 0 Å². The highest BCUT2D eigenvalue weighted by molar-refractivity contribution is 14.1. The third-order valence-electron chi connectivity index (χ3n) is 3.26. The van der Waals surface area contributed by atoms with Crippen molar-refractivity contribution in [3.8, 4) is 0 Å². The molecule has 0 bridgehead atoms. The van der Waals surface area contributed by atoms with Gasteiger partial charge in [0.2, 0.25) is 0 Å². The Morgan fingerprint density at radius 3 is 2.38 bits per heavy atom. The van der Waals surface area contributed by atoms with Crippen molar-refractivity contribution < 1.29 is 9.59 Å². The summed E-state index contributed by atoms with van der Waals surface area (Å²) in [5.41, 5.74) is 1.25. The molecule has 120 valence electrons. The minimum atomic E-state index is -0.444. The van der Waals surface area contributed by atoms with Crippen molar-refractivity contribution in [1.82, 2.24) is 4.90 Å². The Morgan fingerprint density at radius 2 is 1.75 bits per heavy atom. The first-order valence-corrected chi connectivity index (χ1v) is 9.47. The second kappa shape index (κ2) is 7.35. The van der Waals surface area contributed by atoms with Crippen molar-refractivity contribution in [2.24, 2.45) is 0 Å². The van der Waals surface area contributed by atoms with Gasteiger partial charge in [-0.15, -0.1) is 0 Å². The number of hydrogen-bond acceptors (Lipinski definition) is 4. The number of hydrogen-bond donors (Lipinski definition) is 0. The topological polar surface area (TPSA) is 37.4 Å². The Morgan fingerprint density at radius 1 is 1.12 bits per heavy atom. The van der Waals surface area contributed by atoms with E-state index in [-0.39, 0.29) is 4.32 Å². The monoisotopic (exact) mass is 485 g/mol. The zero-order valence-electron chi connectivity index (χ0n) is 12.0. The third-order valence-corrected chi connectivity index (χ3v) is 5.53. The van der Waals surface area contributed by atoms with Crippen LogP contribution in [0.4, 0.5) is 0 Å². The molecule has 3 rings (SSSR count). The molecule has 0 aliphatic carbocycles. The van der Waals surface area contributed by atoms with Crippen molar-refractivity contribution in [2.75, 3.05) is 0 Å². The molecule has 2 aromatic rings. The average molecular weight is 486 g/mol. The van der Waals surface area contributed by atoms with Crippen molar-refractivity contribution in [2.45, 2.75) is 0 Å². The summed E-state index contributed by atoms with van der Waals surface area (Å²) >= 11 is 14.4. The van der Waals surface area contributed by atoms with E-state index in [1.807, 2.05) is 24.3 Å². The number of rotatable bonds is 2. The first kappa shape index (κ1) is 17.6. The number of benzene rings is 2. The molecule has 0 atom stereocenters. The number of amides is 2. The molecule has 0 spiro atoms. The smallest absolute Gasteiger partial charge is 0.268 e. The van der Waals surface area contributed by atoms with E-state index in [1.54, 1.807) is 30.3 Å². The molecule has 24 heavy (non-hydrogen) atoms. The van der Waals surface area contributed by atoms with E-state index in [0.29, 0.717) is 15.5 Å². The molecule has 1 fully saturated rings. The second-order valence-electron chi connectivity index (χ2n) is 4.88. The number of thioether (sulfide) groups is 1. The normalized spacial score (nSPS) is 16.1. The van der Waals surface area contributed by atoms with Gasteiger partial charge in [0.15, 0.2) is 4.32 Å². The minimum absolute atomic E-state index is 0.233. The van der Waals surface area contributed by atoms with Gasteiger partial charge in [-0.3, -0.25) is 9.59 Å². The van der Waals surface area contributed by atoms with Crippen LogP contribution in [0.5, 0.6) is 0 Å². The fourth-order valence-corrected chi connectivity index (χ4v) is 3.81. The van der Waals surface area contributed by atoms with Gasteiger partial charge in [0.05, 0.1) is 4.91 Å². The van der Waals surface area contributed by atoms with Crippen LogP contribution in [0.15, 0.2) is 53.4 Å². The average Bonchev–Trinajstić information content (AvgIpc) is 2.83. The maximum atomic E-state index is 12.6. The van der Waals surface area contributed by atoms with Crippen molar-refractivity contribution in [3.63, 3.8) is 0 Å². The summed E-state index contributed by atoms with van der Waals surface area (Å²) in [6, 6.07) is 14.1. The maximum absolute atomic E-state index is 12.6. The SMILES string of the molecule is O=C1/C(=C\c2ccc(I)cc2)SC(=S)N1C(=O)c1ccc(Cl)cc1. The Balaban J connectivity index is 1.87. The standard InChI is InChI=1S/C17H9ClINO2S2/c18-12-5-3-11(4-6-12)15(21)20-16(22)14(24-17(20)23)9-10-1-7-13(19)8-2-10/h1-9H/b14-9+. The van der Waals surface area contributed by atoms with E-state index in [4.69, 9.17) is 23.8 Å². The van der Waals surface area contributed by atoms with E-state index in [0.717, 1.165) is 25.8 Å². The number of halogens is 2. The number of imide groups is 1. The number of thiocarbonyl (C=S) groups is 1. The van der Waals surface area contributed by atoms with E-state index in [1.165, 1.54) is 0 Å².